The van der Waals surface area contributed by atoms with E-state index in [1.807, 2.05) is 30.3 Å². The highest BCUT2D eigenvalue weighted by Gasteiger charge is 2.31. The van der Waals surface area contributed by atoms with E-state index in [-0.39, 0.29) is 11.1 Å². The molecule has 1 nitrogen and oxygen atoms in total. The minimum atomic E-state index is -4.44. The summed E-state index contributed by atoms with van der Waals surface area (Å²) in [5.74, 6) is 0. The van der Waals surface area contributed by atoms with Crippen molar-refractivity contribution in [3.05, 3.63) is 71.8 Å². The summed E-state index contributed by atoms with van der Waals surface area (Å²) < 4.78 is 38.7. The summed E-state index contributed by atoms with van der Waals surface area (Å²) in [5.41, 5.74) is 0.354. The maximum Gasteiger partial charge on any atom is 0.416 e. The fourth-order valence-corrected chi connectivity index (χ4v) is 2.44. The van der Waals surface area contributed by atoms with Crippen LogP contribution in [0.25, 0.3) is 21.9 Å². The Morgan fingerprint density at radius 1 is 0.818 bits per heavy atom. The van der Waals surface area contributed by atoms with Gasteiger partial charge in [-0.25, -0.2) is 0 Å². The summed E-state index contributed by atoms with van der Waals surface area (Å²) in [7, 11) is 0. The molecule has 0 radical (unpaired) electrons. The van der Waals surface area contributed by atoms with Crippen molar-refractivity contribution in [2.24, 2.45) is 0 Å². The van der Waals surface area contributed by atoms with Gasteiger partial charge in [-0.3, -0.25) is 4.79 Å². The van der Waals surface area contributed by atoms with Crippen LogP contribution in [0.1, 0.15) is 15.9 Å². The Bertz CT molecular complexity index is 850. The Morgan fingerprint density at radius 3 is 2.23 bits per heavy atom. The van der Waals surface area contributed by atoms with Crippen LogP contribution in [0.5, 0.6) is 0 Å². The predicted molar refractivity (Wildman–Crippen MR) is 79.8 cm³/mol. The molecule has 3 rings (SSSR count). The molecule has 0 spiro atoms. The molecule has 0 aliphatic rings. The Kier molecular flexibility index (Phi) is 3.45. The van der Waals surface area contributed by atoms with E-state index in [4.69, 9.17) is 0 Å². The largest absolute Gasteiger partial charge is 0.416 e. The van der Waals surface area contributed by atoms with E-state index >= 15 is 0 Å². The van der Waals surface area contributed by atoms with Crippen LogP contribution in [-0.2, 0) is 6.18 Å². The van der Waals surface area contributed by atoms with Gasteiger partial charge in [0, 0.05) is 5.56 Å². The van der Waals surface area contributed by atoms with Crippen molar-refractivity contribution < 1.29 is 18.0 Å². The lowest BCUT2D eigenvalue weighted by atomic mass is 9.95. The van der Waals surface area contributed by atoms with Gasteiger partial charge in [-0.05, 0) is 40.1 Å². The number of hydrogen-bond donors (Lipinski definition) is 0. The second-order valence-corrected chi connectivity index (χ2v) is 4.98. The van der Waals surface area contributed by atoms with Crippen LogP contribution in [0.2, 0.25) is 0 Å². The molecule has 0 saturated heterocycles. The molecule has 0 amide bonds. The molecule has 0 atom stereocenters. The monoisotopic (exact) mass is 300 g/mol. The number of aldehydes is 1. The number of carbonyl (C=O) groups is 1. The molecule has 0 saturated carbocycles. The zero-order chi connectivity index (χ0) is 15.7. The van der Waals surface area contributed by atoms with Crippen LogP contribution in [0.3, 0.4) is 0 Å². The minimum absolute atomic E-state index is 0.239. The van der Waals surface area contributed by atoms with Crippen LogP contribution in [0, 0.1) is 0 Å². The van der Waals surface area contributed by atoms with E-state index in [2.05, 4.69) is 0 Å². The highest BCUT2D eigenvalue weighted by atomic mass is 19.4. The van der Waals surface area contributed by atoms with Gasteiger partial charge in [-0.15, -0.1) is 0 Å². The molecule has 0 fully saturated rings. The third kappa shape index (κ3) is 2.60. The van der Waals surface area contributed by atoms with E-state index in [0.717, 1.165) is 22.9 Å². The number of hydrogen-bond acceptors (Lipinski definition) is 1. The molecule has 4 heteroatoms. The lowest BCUT2D eigenvalue weighted by molar-refractivity contribution is -0.137. The van der Waals surface area contributed by atoms with E-state index in [1.165, 1.54) is 6.07 Å². The molecule has 0 heterocycles. The first-order chi connectivity index (χ1) is 10.5. The number of fused-ring (bicyclic) bond motifs is 1. The van der Waals surface area contributed by atoms with Gasteiger partial charge in [-0.1, -0.05) is 42.5 Å². The summed E-state index contributed by atoms with van der Waals surface area (Å²) in [4.78, 5) is 11.1. The smallest absolute Gasteiger partial charge is 0.298 e. The van der Waals surface area contributed by atoms with Crippen LogP contribution in [0.15, 0.2) is 60.7 Å². The molecule has 110 valence electrons. The standard InChI is InChI=1S/C18H11F3O/c19-18(20,21)16-8-7-15(11-22)17(10-16)14-6-5-12-3-1-2-4-13(12)9-14/h1-11H. The van der Waals surface area contributed by atoms with E-state index in [9.17, 15) is 18.0 Å². The van der Waals surface area contributed by atoms with Crippen molar-refractivity contribution in [1.82, 2.24) is 0 Å². The molecule has 0 aliphatic heterocycles. The van der Waals surface area contributed by atoms with Gasteiger partial charge in [-0.2, -0.15) is 13.2 Å². The summed E-state index contributed by atoms with van der Waals surface area (Å²) in [6.45, 7) is 0. The van der Waals surface area contributed by atoms with Gasteiger partial charge in [0.05, 0.1) is 5.56 Å². The maximum absolute atomic E-state index is 12.9. The number of halogens is 3. The number of alkyl halides is 3. The molecule has 3 aromatic carbocycles. The summed E-state index contributed by atoms with van der Waals surface area (Å²) in [6.07, 6.45) is -3.86. The van der Waals surface area contributed by atoms with Crippen LogP contribution >= 0.6 is 0 Å². The first kappa shape index (κ1) is 14.3. The first-order valence-corrected chi connectivity index (χ1v) is 6.64. The predicted octanol–water partition coefficient (Wildman–Crippen LogP) is 5.34. The van der Waals surface area contributed by atoms with Crippen molar-refractivity contribution in [2.45, 2.75) is 6.18 Å². The second kappa shape index (κ2) is 5.30. The van der Waals surface area contributed by atoms with Gasteiger partial charge in [0.1, 0.15) is 0 Å². The average molecular weight is 300 g/mol. The van der Waals surface area contributed by atoms with Crippen LogP contribution < -0.4 is 0 Å². The normalized spacial score (nSPS) is 11.6. The van der Waals surface area contributed by atoms with E-state index < -0.39 is 11.7 Å². The highest BCUT2D eigenvalue weighted by Crippen LogP contribution is 2.34. The van der Waals surface area contributed by atoms with Gasteiger partial charge < -0.3 is 0 Å². The Labute approximate surface area is 125 Å². The topological polar surface area (TPSA) is 17.1 Å². The van der Waals surface area contributed by atoms with Gasteiger partial charge in [0.15, 0.2) is 6.29 Å². The summed E-state index contributed by atoms with van der Waals surface area (Å²) in [6, 6.07) is 16.1. The lowest BCUT2D eigenvalue weighted by Gasteiger charge is -2.11. The Morgan fingerprint density at radius 2 is 1.55 bits per heavy atom. The zero-order valence-electron chi connectivity index (χ0n) is 11.4. The second-order valence-electron chi connectivity index (χ2n) is 4.98. The van der Waals surface area contributed by atoms with Crippen molar-refractivity contribution in [3.8, 4) is 11.1 Å². The molecule has 0 bridgehead atoms. The van der Waals surface area contributed by atoms with Crippen molar-refractivity contribution in [2.75, 3.05) is 0 Å². The molecule has 3 aromatic rings. The quantitative estimate of drug-likeness (QED) is 0.584. The fraction of sp³-hybridized carbons (Fsp3) is 0.0556. The van der Waals surface area contributed by atoms with Gasteiger partial charge in [0.25, 0.3) is 0 Å². The molecule has 22 heavy (non-hydrogen) atoms. The maximum atomic E-state index is 12.9. The molecule has 0 unspecified atom stereocenters. The molecular formula is C18H11F3O. The fourth-order valence-electron chi connectivity index (χ4n) is 2.44. The molecule has 0 N–H and O–H groups in total. The zero-order valence-corrected chi connectivity index (χ0v) is 11.4. The van der Waals surface area contributed by atoms with Crippen molar-refractivity contribution >= 4 is 17.1 Å². The van der Waals surface area contributed by atoms with Crippen LogP contribution in [-0.4, -0.2) is 6.29 Å². The third-order valence-corrected chi connectivity index (χ3v) is 3.57. The Balaban J connectivity index is 2.21. The molecule has 0 aromatic heterocycles. The molecular weight excluding hydrogens is 289 g/mol. The van der Waals surface area contributed by atoms with Crippen molar-refractivity contribution in [3.63, 3.8) is 0 Å². The summed E-state index contributed by atoms with van der Waals surface area (Å²) in [5, 5.41) is 1.90. The Hall–Kier alpha value is -2.62. The third-order valence-electron chi connectivity index (χ3n) is 3.57. The molecule has 0 aliphatic carbocycles. The highest BCUT2D eigenvalue weighted by molar-refractivity contribution is 5.92. The average Bonchev–Trinajstić information content (AvgIpc) is 2.53. The number of benzene rings is 3. The first-order valence-electron chi connectivity index (χ1n) is 6.64. The van der Waals surface area contributed by atoms with Crippen molar-refractivity contribution in [1.29, 1.82) is 0 Å². The van der Waals surface area contributed by atoms with Crippen LogP contribution in [0.4, 0.5) is 13.2 Å². The van der Waals surface area contributed by atoms with Gasteiger partial charge in [0.2, 0.25) is 0 Å². The van der Waals surface area contributed by atoms with Gasteiger partial charge >= 0.3 is 6.18 Å². The number of rotatable bonds is 2. The van der Waals surface area contributed by atoms with E-state index in [0.29, 0.717) is 11.8 Å². The number of carbonyl (C=O) groups excluding carboxylic acids is 1. The lowest BCUT2D eigenvalue weighted by Crippen LogP contribution is -2.05. The summed E-state index contributed by atoms with van der Waals surface area (Å²) >= 11 is 0. The SMILES string of the molecule is O=Cc1ccc(C(F)(F)F)cc1-c1ccc2ccccc2c1. The minimum Gasteiger partial charge on any atom is -0.298 e. The van der Waals surface area contributed by atoms with E-state index in [1.54, 1.807) is 12.1 Å².